The Balaban J connectivity index is 1.61. The molecule has 1 heterocycles. The van der Waals surface area contributed by atoms with Crippen molar-refractivity contribution in [2.75, 3.05) is 6.54 Å². The predicted molar refractivity (Wildman–Crippen MR) is 96.1 cm³/mol. The summed E-state index contributed by atoms with van der Waals surface area (Å²) in [6.45, 7) is 1.66. The summed E-state index contributed by atoms with van der Waals surface area (Å²) in [7, 11) is 0. The lowest BCUT2D eigenvalue weighted by Gasteiger charge is -2.10. The number of rotatable bonds is 5. The number of carbonyl (C=O) groups excluding carboxylic acids is 1. The zero-order valence-corrected chi connectivity index (χ0v) is 14.7. The van der Waals surface area contributed by atoms with Crippen LogP contribution in [-0.4, -0.2) is 22.4 Å². The minimum Gasteiger partial charge on any atom is -0.355 e. The van der Waals surface area contributed by atoms with Crippen molar-refractivity contribution in [3.8, 4) is 0 Å². The highest BCUT2D eigenvalue weighted by Gasteiger charge is 2.33. The second-order valence-corrected chi connectivity index (χ2v) is 6.22. The van der Waals surface area contributed by atoms with Gasteiger partial charge in [0.2, 0.25) is 5.91 Å². The number of nitrogens with one attached hydrogen (secondary N) is 1. The Kier molecular flexibility index (Phi) is 5.39. The molecule has 3 rings (SSSR count). The first-order valence-electron chi connectivity index (χ1n) is 8.48. The second kappa shape index (κ2) is 7.73. The summed E-state index contributed by atoms with van der Waals surface area (Å²) in [4.78, 5) is 19.8. The van der Waals surface area contributed by atoms with Crippen LogP contribution in [0, 0.1) is 6.92 Å². The van der Waals surface area contributed by atoms with Gasteiger partial charge in [0.15, 0.2) is 0 Å². The number of aromatic nitrogens is 2. The molecule has 0 atom stereocenters. The SMILES string of the molecule is Cc1cc(C(F)(F)F)nc(CCNC(=O)Cc2cccc3ccccc23)n1. The van der Waals surface area contributed by atoms with Crippen LogP contribution in [0.15, 0.2) is 48.5 Å². The van der Waals surface area contributed by atoms with Crippen LogP contribution in [0.25, 0.3) is 10.8 Å². The molecule has 4 nitrogen and oxygen atoms in total. The van der Waals surface area contributed by atoms with Gasteiger partial charge in [-0.25, -0.2) is 9.97 Å². The molecule has 27 heavy (non-hydrogen) atoms. The van der Waals surface area contributed by atoms with E-state index in [1.165, 1.54) is 6.92 Å². The molecule has 2 aromatic carbocycles. The van der Waals surface area contributed by atoms with Crippen LogP contribution >= 0.6 is 0 Å². The Hall–Kier alpha value is -2.96. The average Bonchev–Trinajstić information content (AvgIpc) is 2.61. The molecule has 1 aromatic heterocycles. The smallest absolute Gasteiger partial charge is 0.355 e. The van der Waals surface area contributed by atoms with Crippen LogP contribution in [0.3, 0.4) is 0 Å². The van der Waals surface area contributed by atoms with Crippen molar-refractivity contribution in [1.82, 2.24) is 15.3 Å². The zero-order chi connectivity index (χ0) is 19.4. The van der Waals surface area contributed by atoms with Crippen molar-refractivity contribution in [2.24, 2.45) is 0 Å². The second-order valence-electron chi connectivity index (χ2n) is 6.22. The standard InChI is InChI=1S/C20H18F3N3O/c1-13-11-17(20(21,22)23)26-18(25-13)9-10-24-19(27)12-15-7-4-6-14-5-2-3-8-16(14)15/h2-8,11H,9-10,12H2,1H3,(H,24,27). The molecule has 0 aliphatic rings. The number of benzene rings is 2. The van der Waals surface area contributed by atoms with E-state index in [0.717, 1.165) is 22.4 Å². The third kappa shape index (κ3) is 4.81. The van der Waals surface area contributed by atoms with Gasteiger partial charge < -0.3 is 5.32 Å². The van der Waals surface area contributed by atoms with Gasteiger partial charge in [-0.15, -0.1) is 0 Å². The van der Waals surface area contributed by atoms with E-state index in [4.69, 9.17) is 0 Å². The van der Waals surface area contributed by atoms with E-state index in [1.807, 2.05) is 42.5 Å². The number of hydrogen-bond donors (Lipinski definition) is 1. The molecule has 0 saturated heterocycles. The minimum atomic E-state index is -4.51. The number of amides is 1. The number of carbonyl (C=O) groups is 1. The van der Waals surface area contributed by atoms with Gasteiger partial charge in [-0.05, 0) is 29.3 Å². The number of halogens is 3. The Morgan fingerprint density at radius 2 is 1.81 bits per heavy atom. The van der Waals surface area contributed by atoms with Crippen LogP contribution in [-0.2, 0) is 23.8 Å². The van der Waals surface area contributed by atoms with E-state index in [1.54, 1.807) is 0 Å². The number of fused-ring (bicyclic) bond motifs is 1. The maximum absolute atomic E-state index is 12.8. The van der Waals surface area contributed by atoms with Gasteiger partial charge >= 0.3 is 6.18 Å². The van der Waals surface area contributed by atoms with E-state index < -0.39 is 11.9 Å². The Bertz CT molecular complexity index is 965. The Labute approximate surface area is 154 Å². The van der Waals surface area contributed by atoms with Crippen LogP contribution in [0.5, 0.6) is 0 Å². The molecule has 7 heteroatoms. The molecule has 3 aromatic rings. The summed E-state index contributed by atoms with van der Waals surface area (Å²) in [5, 5.41) is 4.78. The Morgan fingerprint density at radius 1 is 1.07 bits per heavy atom. The average molecular weight is 373 g/mol. The highest BCUT2D eigenvalue weighted by Crippen LogP contribution is 2.27. The van der Waals surface area contributed by atoms with Crippen molar-refractivity contribution in [2.45, 2.75) is 25.9 Å². The molecule has 0 aliphatic carbocycles. The molecule has 0 spiro atoms. The molecule has 0 bridgehead atoms. The summed E-state index contributed by atoms with van der Waals surface area (Å²) in [5.74, 6) is -0.136. The van der Waals surface area contributed by atoms with E-state index in [9.17, 15) is 18.0 Å². The summed E-state index contributed by atoms with van der Waals surface area (Å²) in [6, 6.07) is 14.4. The topological polar surface area (TPSA) is 54.9 Å². The largest absolute Gasteiger partial charge is 0.433 e. The van der Waals surface area contributed by atoms with Crippen LogP contribution in [0.2, 0.25) is 0 Å². The summed E-state index contributed by atoms with van der Waals surface area (Å²) in [6.07, 6.45) is -4.18. The van der Waals surface area contributed by atoms with Crippen LogP contribution in [0.1, 0.15) is 22.8 Å². The molecule has 1 N–H and O–H groups in total. The minimum absolute atomic E-state index is 0.0628. The number of aryl methyl sites for hydroxylation is 1. The lowest BCUT2D eigenvalue weighted by Crippen LogP contribution is -2.28. The third-order valence-corrected chi connectivity index (χ3v) is 4.09. The lowest BCUT2D eigenvalue weighted by molar-refractivity contribution is -0.141. The number of alkyl halides is 3. The Morgan fingerprint density at radius 3 is 2.59 bits per heavy atom. The number of nitrogens with zero attached hydrogens (tertiary/aromatic N) is 2. The molecule has 0 saturated carbocycles. The zero-order valence-electron chi connectivity index (χ0n) is 14.7. The van der Waals surface area contributed by atoms with Crippen molar-refractivity contribution >= 4 is 16.7 Å². The first kappa shape index (κ1) is 18.8. The van der Waals surface area contributed by atoms with Crippen molar-refractivity contribution in [1.29, 1.82) is 0 Å². The molecule has 0 radical (unpaired) electrons. The molecule has 1 amide bonds. The fraction of sp³-hybridized carbons (Fsp3) is 0.250. The van der Waals surface area contributed by atoms with Crippen molar-refractivity contribution in [3.63, 3.8) is 0 Å². The molecular weight excluding hydrogens is 355 g/mol. The van der Waals surface area contributed by atoms with E-state index in [2.05, 4.69) is 15.3 Å². The van der Waals surface area contributed by atoms with Crippen molar-refractivity contribution in [3.05, 3.63) is 71.3 Å². The summed E-state index contributed by atoms with van der Waals surface area (Å²) < 4.78 is 38.4. The fourth-order valence-corrected chi connectivity index (χ4v) is 2.88. The summed E-state index contributed by atoms with van der Waals surface area (Å²) >= 11 is 0. The predicted octanol–water partition coefficient (Wildman–Crippen LogP) is 3.86. The molecule has 140 valence electrons. The third-order valence-electron chi connectivity index (χ3n) is 4.09. The van der Waals surface area contributed by atoms with Gasteiger partial charge in [-0.2, -0.15) is 13.2 Å². The first-order valence-corrected chi connectivity index (χ1v) is 8.48. The highest BCUT2D eigenvalue weighted by molar-refractivity contribution is 5.90. The normalized spacial score (nSPS) is 11.6. The van der Waals surface area contributed by atoms with Gasteiger partial charge in [-0.1, -0.05) is 42.5 Å². The maximum atomic E-state index is 12.8. The highest BCUT2D eigenvalue weighted by atomic mass is 19.4. The van der Waals surface area contributed by atoms with E-state index in [0.29, 0.717) is 0 Å². The molecular formula is C20H18F3N3O. The van der Waals surface area contributed by atoms with Gasteiger partial charge in [0, 0.05) is 18.7 Å². The van der Waals surface area contributed by atoms with E-state index >= 15 is 0 Å². The van der Waals surface area contributed by atoms with Gasteiger partial charge in [-0.3, -0.25) is 4.79 Å². The first-order chi connectivity index (χ1) is 12.8. The summed E-state index contributed by atoms with van der Waals surface area (Å²) in [5.41, 5.74) is 0.179. The van der Waals surface area contributed by atoms with Gasteiger partial charge in [0.1, 0.15) is 11.5 Å². The number of hydrogen-bond acceptors (Lipinski definition) is 3. The van der Waals surface area contributed by atoms with E-state index in [-0.39, 0.29) is 36.8 Å². The maximum Gasteiger partial charge on any atom is 0.433 e. The lowest BCUT2D eigenvalue weighted by atomic mass is 10.0. The molecule has 0 aliphatic heterocycles. The molecule has 0 unspecified atom stereocenters. The molecule has 0 fully saturated rings. The monoisotopic (exact) mass is 373 g/mol. The van der Waals surface area contributed by atoms with Crippen molar-refractivity contribution < 1.29 is 18.0 Å². The fourth-order valence-electron chi connectivity index (χ4n) is 2.88. The van der Waals surface area contributed by atoms with Gasteiger partial charge in [0.05, 0.1) is 6.42 Å². The van der Waals surface area contributed by atoms with Crippen LogP contribution < -0.4 is 5.32 Å². The van der Waals surface area contributed by atoms with Gasteiger partial charge in [0.25, 0.3) is 0 Å². The quantitative estimate of drug-likeness (QED) is 0.739. The van der Waals surface area contributed by atoms with Crippen LogP contribution in [0.4, 0.5) is 13.2 Å².